The molecular formula is C26H30O6. The Bertz CT molecular complexity index is 1090. The van der Waals surface area contributed by atoms with E-state index in [9.17, 15) is 20.1 Å². The summed E-state index contributed by atoms with van der Waals surface area (Å²) in [7, 11) is 1.43. The molecule has 32 heavy (non-hydrogen) atoms. The summed E-state index contributed by atoms with van der Waals surface area (Å²) in [5, 5.41) is 30.4. The van der Waals surface area contributed by atoms with Gasteiger partial charge in [0.05, 0.1) is 7.11 Å². The van der Waals surface area contributed by atoms with Gasteiger partial charge >= 0.3 is 0 Å². The third-order valence-corrected chi connectivity index (χ3v) is 5.84. The van der Waals surface area contributed by atoms with Crippen molar-refractivity contribution in [2.45, 2.75) is 46.1 Å². The molecule has 2 aromatic rings. The minimum Gasteiger partial charge on any atom is -0.508 e. The number of fused-ring (bicyclic) bond motifs is 1. The first-order chi connectivity index (χ1) is 15.0. The fourth-order valence-corrected chi connectivity index (χ4v) is 3.88. The summed E-state index contributed by atoms with van der Waals surface area (Å²) in [6, 6.07) is 5.73. The number of carbonyl (C=O) groups is 1. The van der Waals surface area contributed by atoms with Gasteiger partial charge in [0.1, 0.15) is 39.9 Å². The predicted octanol–water partition coefficient (Wildman–Crippen LogP) is 5.39. The second-order valence-corrected chi connectivity index (χ2v) is 8.84. The zero-order chi connectivity index (χ0) is 23.6. The average Bonchev–Trinajstić information content (AvgIpc) is 2.70. The first-order valence-electron chi connectivity index (χ1n) is 10.5. The molecule has 0 aromatic heterocycles. The molecule has 1 aliphatic rings. The van der Waals surface area contributed by atoms with Crippen molar-refractivity contribution in [2.75, 3.05) is 7.11 Å². The Hall–Kier alpha value is -3.41. The van der Waals surface area contributed by atoms with Gasteiger partial charge in [-0.1, -0.05) is 11.6 Å². The number of aromatic hydroxyl groups is 3. The Morgan fingerprint density at radius 1 is 1.22 bits per heavy atom. The number of allylic oxidation sites excluding steroid dienone is 3. The third kappa shape index (κ3) is 4.74. The standard InChI is InChI=1S/C26H30O6/c1-15(2)6-9-17-12-19-22(32-26(17,3)4)14-23(31-5)24(25(19)30)20(28)11-8-16-7-10-18(27)13-21(16)29/h6-8,10-11,13-14,17,27,29-30H,9,12H2,1-5H3/b11-8+/t17-/m1/s1. The molecule has 0 amide bonds. The van der Waals surface area contributed by atoms with E-state index in [1.807, 2.05) is 27.7 Å². The summed E-state index contributed by atoms with van der Waals surface area (Å²) >= 11 is 0. The largest absolute Gasteiger partial charge is 0.508 e. The summed E-state index contributed by atoms with van der Waals surface area (Å²) in [6.45, 7) is 8.13. The highest BCUT2D eigenvalue weighted by atomic mass is 16.5. The zero-order valence-corrected chi connectivity index (χ0v) is 19.1. The number of hydrogen-bond donors (Lipinski definition) is 3. The van der Waals surface area contributed by atoms with Crippen LogP contribution in [0, 0.1) is 5.92 Å². The molecule has 0 radical (unpaired) electrons. The van der Waals surface area contributed by atoms with Gasteiger partial charge in [-0.3, -0.25) is 4.79 Å². The number of methoxy groups -OCH3 is 1. The van der Waals surface area contributed by atoms with E-state index in [0.29, 0.717) is 23.3 Å². The monoisotopic (exact) mass is 438 g/mol. The number of carbonyl (C=O) groups excluding carboxylic acids is 1. The second kappa shape index (κ2) is 8.99. The van der Waals surface area contributed by atoms with Gasteiger partial charge in [-0.2, -0.15) is 0 Å². The van der Waals surface area contributed by atoms with Gasteiger partial charge < -0.3 is 24.8 Å². The lowest BCUT2D eigenvalue weighted by molar-refractivity contribution is 0.0270. The van der Waals surface area contributed by atoms with E-state index in [4.69, 9.17) is 9.47 Å². The number of hydrogen-bond acceptors (Lipinski definition) is 6. The van der Waals surface area contributed by atoms with Crippen LogP contribution in [0.3, 0.4) is 0 Å². The van der Waals surface area contributed by atoms with Crippen LogP contribution in [0.2, 0.25) is 0 Å². The molecule has 0 aliphatic carbocycles. The number of phenolic OH excluding ortho intramolecular Hbond substituents is 3. The molecular weight excluding hydrogens is 408 g/mol. The molecule has 3 N–H and O–H groups in total. The van der Waals surface area contributed by atoms with Crippen LogP contribution in [-0.4, -0.2) is 33.8 Å². The van der Waals surface area contributed by atoms with E-state index in [-0.39, 0.29) is 34.5 Å². The zero-order valence-electron chi connectivity index (χ0n) is 19.1. The molecule has 1 atom stereocenters. The highest BCUT2D eigenvalue weighted by Gasteiger charge is 2.39. The van der Waals surface area contributed by atoms with Crippen molar-refractivity contribution in [3.05, 3.63) is 58.7 Å². The Kier molecular flexibility index (Phi) is 6.53. The van der Waals surface area contributed by atoms with Crippen LogP contribution in [0.5, 0.6) is 28.7 Å². The minimum atomic E-state index is -0.472. The molecule has 6 heteroatoms. The normalized spacial score (nSPS) is 16.8. The lowest BCUT2D eigenvalue weighted by Crippen LogP contribution is -2.42. The number of ketones is 1. The van der Waals surface area contributed by atoms with Crippen molar-refractivity contribution < 1.29 is 29.6 Å². The van der Waals surface area contributed by atoms with Gasteiger partial charge in [0, 0.05) is 29.2 Å². The fraction of sp³-hybridized carbons (Fsp3) is 0.346. The third-order valence-electron chi connectivity index (χ3n) is 5.84. The maximum atomic E-state index is 13.0. The van der Waals surface area contributed by atoms with E-state index in [2.05, 4.69) is 6.08 Å². The number of rotatable bonds is 6. The molecule has 3 rings (SSSR count). The predicted molar refractivity (Wildman–Crippen MR) is 124 cm³/mol. The topological polar surface area (TPSA) is 96.2 Å². The van der Waals surface area contributed by atoms with Crippen molar-refractivity contribution in [1.29, 1.82) is 0 Å². The van der Waals surface area contributed by atoms with E-state index >= 15 is 0 Å². The summed E-state index contributed by atoms with van der Waals surface area (Å²) in [6.07, 6.45) is 6.19. The maximum absolute atomic E-state index is 13.0. The first-order valence-corrected chi connectivity index (χ1v) is 10.5. The molecule has 0 bridgehead atoms. The Balaban J connectivity index is 1.99. The maximum Gasteiger partial charge on any atom is 0.193 e. The molecule has 6 nitrogen and oxygen atoms in total. The molecule has 0 saturated heterocycles. The van der Waals surface area contributed by atoms with Crippen molar-refractivity contribution in [3.63, 3.8) is 0 Å². The molecule has 0 saturated carbocycles. The van der Waals surface area contributed by atoms with Crippen LogP contribution < -0.4 is 9.47 Å². The van der Waals surface area contributed by atoms with Crippen molar-refractivity contribution in [3.8, 4) is 28.7 Å². The quantitative estimate of drug-likeness (QED) is 0.318. The Morgan fingerprint density at radius 2 is 1.94 bits per heavy atom. The van der Waals surface area contributed by atoms with Gasteiger partial charge in [0.2, 0.25) is 0 Å². The molecule has 170 valence electrons. The lowest BCUT2D eigenvalue weighted by atomic mass is 9.79. The minimum absolute atomic E-state index is 0.0463. The first kappa shape index (κ1) is 23.3. The van der Waals surface area contributed by atoms with Crippen molar-refractivity contribution in [2.24, 2.45) is 5.92 Å². The highest BCUT2D eigenvalue weighted by Crippen LogP contribution is 2.47. The molecule has 0 spiro atoms. The smallest absolute Gasteiger partial charge is 0.193 e. The number of benzene rings is 2. The summed E-state index contributed by atoms with van der Waals surface area (Å²) in [5.74, 6) is -0.0172. The summed E-state index contributed by atoms with van der Waals surface area (Å²) in [5.41, 5.74) is 1.76. The van der Waals surface area contributed by atoms with Crippen molar-refractivity contribution in [1.82, 2.24) is 0 Å². The van der Waals surface area contributed by atoms with Crippen LogP contribution >= 0.6 is 0 Å². The molecule has 2 aromatic carbocycles. The summed E-state index contributed by atoms with van der Waals surface area (Å²) in [4.78, 5) is 13.0. The van der Waals surface area contributed by atoms with Gasteiger partial charge in [-0.25, -0.2) is 0 Å². The molecule has 1 aliphatic heterocycles. The SMILES string of the molecule is COc1cc2c(c(O)c1C(=O)/C=C/c1ccc(O)cc1O)C[C@@H](CC=C(C)C)C(C)(C)O2. The van der Waals surface area contributed by atoms with Crippen LogP contribution in [0.25, 0.3) is 6.08 Å². The second-order valence-electron chi connectivity index (χ2n) is 8.84. The average molecular weight is 439 g/mol. The van der Waals surface area contributed by atoms with Gasteiger partial charge in [0.15, 0.2) is 5.78 Å². The molecule has 1 heterocycles. The van der Waals surface area contributed by atoms with Crippen molar-refractivity contribution >= 4 is 11.9 Å². The van der Waals surface area contributed by atoms with Crippen LogP contribution in [-0.2, 0) is 6.42 Å². The molecule has 0 unspecified atom stereocenters. The van der Waals surface area contributed by atoms with Gasteiger partial charge in [-0.15, -0.1) is 0 Å². The van der Waals surface area contributed by atoms with Crippen LogP contribution in [0.4, 0.5) is 0 Å². The fourth-order valence-electron chi connectivity index (χ4n) is 3.88. The van der Waals surface area contributed by atoms with Crippen LogP contribution in [0.1, 0.15) is 55.6 Å². The van der Waals surface area contributed by atoms with E-state index in [1.165, 1.54) is 43.0 Å². The lowest BCUT2D eigenvalue weighted by Gasteiger charge is -2.40. The summed E-state index contributed by atoms with van der Waals surface area (Å²) < 4.78 is 11.6. The Morgan fingerprint density at radius 3 is 2.56 bits per heavy atom. The van der Waals surface area contributed by atoms with E-state index < -0.39 is 11.4 Å². The number of ether oxygens (including phenoxy) is 2. The Labute approximate surface area is 188 Å². The van der Waals surface area contributed by atoms with E-state index in [0.717, 1.165) is 6.42 Å². The molecule has 0 fully saturated rings. The van der Waals surface area contributed by atoms with Gasteiger partial charge in [-0.05, 0) is 64.8 Å². The highest BCUT2D eigenvalue weighted by molar-refractivity contribution is 6.11. The number of phenols is 3. The van der Waals surface area contributed by atoms with E-state index in [1.54, 1.807) is 6.07 Å². The van der Waals surface area contributed by atoms with Gasteiger partial charge in [0.25, 0.3) is 0 Å². The van der Waals surface area contributed by atoms with Crippen LogP contribution in [0.15, 0.2) is 42.0 Å².